The van der Waals surface area contributed by atoms with Gasteiger partial charge in [-0.2, -0.15) is 0 Å². The Morgan fingerprint density at radius 3 is 2.58 bits per heavy atom. The van der Waals surface area contributed by atoms with Gasteiger partial charge in [-0.1, -0.05) is 84.9 Å². The Labute approximate surface area is 250 Å². The third-order valence-corrected chi connectivity index (χ3v) is 8.09. The molecule has 0 aliphatic carbocycles. The summed E-state index contributed by atoms with van der Waals surface area (Å²) >= 11 is 0. The first-order chi connectivity index (χ1) is 21.2. The van der Waals surface area contributed by atoms with E-state index in [0.29, 0.717) is 31.0 Å². The lowest BCUT2D eigenvalue weighted by molar-refractivity contribution is 0.0944. The van der Waals surface area contributed by atoms with Crippen LogP contribution < -0.4 is 15.4 Å². The molecule has 4 aromatic carbocycles. The van der Waals surface area contributed by atoms with Crippen LogP contribution in [0.1, 0.15) is 45.3 Å². The number of H-pyrrole nitrogens is 1. The number of carbonyl (C=O) groups is 1. The molecule has 6 aromatic rings. The molecular weight excluding hydrogens is 534 g/mol. The molecule has 1 unspecified atom stereocenters. The van der Waals surface area contributed by atoms with E-state index in [1.165, 1.54) is 16.7 Å². The van der Waals surface area contributed by atoms with Gasteiger partial charge in [-0.05, 0) is 40.3 Å². The van der Waals surface area contributed by atoms with Crippen molar-refractivity contribution in [3.05, 3.63) is 144 Å². The van der Waals surface area contributed by atoms with Crippen molar-refractivity contribution in [2.24, 2.45) is 0 Å². The molecular formula is C36H33N5O2. The van der Waals surface area contributed by atoms with Crippen LogP contribution >= 0.6 is 0 Å². The van der Waals surface area contributed by atoms with Crippen molar-refractivity contribution in [2.75, 3.05) is 6.61 Å². The van der Waals surface area contributed by atoms with Crippen molar-refractivity contribution >= 4 is 16.8 Å². The van der Waals surface area contributed by atoms with E-state index in [1.54, 1.807) is 0 Å². The number of hydrogen-bond donors (Lipinski definition) is 3. The molecule has 214 valence electrons. The minimum atomic E-state index is -0.146. The number of amides is 1. The normalized spacial score (nSPS) is 14.3. The highest BCUT2D eigenvalue weighted by atomic mass is 16.5. The van der Waals surface area contributed by atoms with Gasteiger partial charge in [0.15, 0.2) is 0 Å². The molecule has 0 spiro atoms. The second-order valence-electron chi connectivity index (χ2n) is 10.9. The first-order valence-corrected chi connectivity index (χ1v) is 14.7. The number of carbonyl (C=O) groups excluding carboxylic acids is 1. The zero-order valence-corrected chi connectivity index (χ0v) is 23.8. The first kappa shape index (κ1) is 26.7. The Bertz CT molecular complexity index is 1820. The van der Waals surface area contributed by atoms with Gasteiger partial charge in [-0.15, -0.1) is 0 Å². The highest BCUT2D eigenvalue weighted by Gasteiger charge is 2.26. The molecule has 1 amide bonds. The van der Waals surface area contributed by atoms with Gasteiger partial charge in [0.05, 0.1) is 30.7 Å². The predicted molar refractivity (Wildman–Crippen MR) is 169 cm³/mol. The average Bonchev–Trinajstić information content (AvgIpc) is 3.69. The quantitative estimate of drug-likeness (QED) is 0.183. The summed E-state index contributed by atoms with van der Waals surface area (Å²) in [7, 11) is 0. The standard InChI is InChI=1S/C36H33N5O2/c42-36(39-20-29-19-28-9-4-5-12-33(28)40-29)32-11-6-10-31-34(17-18-43-35(31)32)38-22-30-21-37-24-41(30)23-25-13-15-27(16-14-25)26-7-2-1-3-8-26/h1-16,19,21,24,34,38,40H,17-18,20,22-23H2,(H,39,42). The SMILES string of the molecule is O=C(NCc1cc2ccccc2[nH]1)c1cccc2c1OCCC2NCc1cncn1Cc1ccc(-c2ccccc2)cc1. The molecule has 1 atom stereocenters. The Morgan fingerprint density at radius 2 is 1.72 bits per heavy atom. The van der Waals surface area contributed by atoms with Gasteiger partial charge in [-0.3, -0.25) is 4.79 Å². The topological polar surface area (TPSA) is 84.0 Å². The summed E-state index contributed by atoms with van der Waals surface area (Å²) in [5.74, 6) is 0.514. The second-order valence-corrected chi connectivity index (χ2v) is 10.9. The number of hydrogen-bond acceptors (Lipinski definition) is 4. The molecule has 0 saturated carbocycles. The van der Waals surface area contributed by atoms with Crippen LogP contribution in [0, 0.1) is 0 Å². The van der Waals surface area contributed by atoms with E-state index in [-0.39, 0.29) is 11.9 Å². The molecule has 3 N–H and O–H groups in total. The predicted octanol–water partition coefficient (Wildman–Crippen LogP) is 6.62. The van der Waals surface area contributed by atoms with Crippen LogP contribution in [0.25, 0.3) is 22.0 Å². The van der Waals surface area contributed by atoms with Crippen LogP contribution in [0.15, 0.2) is 116 Å². The molecule has 43 heavy (non-hydrogen) atoms. The third kappa shape index (κ3) is 5.80. The maximum atomic E-state index is 13.2. The fourth-order valence-electron chi connectivity index (χ4n) is 5.81. The second kappa shape index (κ2) is 12.0. The van der Waals surface area contributed by atoms with Gasteiger partial charge >= 0.3 is 0 Å². The van der Waals surface area contributed by atoms with E-state index >= 15 is 0 Å². The summed E-state index contributed by atoms with van der Waals surface area (Å²) in [6.45, 7) is 2.36. The molecule has 0 fully saturated rings. The summed E-state index contributed by atoms with van der Waals surface area (Å²) in [6.07, 6.45) is 4.62. The van der Waals surface area contributed by atoms with Crippen LogP contribution in [0.2, 0.25) is 0 Å². The van der Waals surface area contributed by atoms with Crippen molar-refractivity contribution in [1.82, 2.24) is 25.2 Å². The van der Waals surface area contributed by atoms with E-state index in [9.17, 15) is 4.79 Å². The zero-order chi connectivity index (χ0) is 29.0. The lowest BCUT2D eigenvalue weighted by Gasteiger charge is -2.28. The number of rotatable bonds is 9. The van der Waals surface area contributed by atoms with Crippen molar-refractivity contribution in [3.8, 4) is 16.9 Å². The Hall–Kier alpha value is -5.14. The molecule has 0 saturated heterocycles. The summed E-state index contributed by atoms with van der Waals surface area (Å²) < 4.78 is 8.24. The Kier molecular flexibility index (Phi) is 7.46. The maximum Gasteiger partial charge on any atom is 0.255 e. The smallest absolute Gasteiger partial charge is 0.255 e. The number of aromatic nitrogens is 3. The molecule has 1 aliphatic rings. The maximum absolute atomic E-state index is 13.2. The summed E-state index contributed by atoms with van der Waals surface area (Å²) in [5, 5.41) is 7.88. The number of benzene rings is 4. The average molecular weight is 568 g/mol. The number of aromatic amines is 1. The highest BCUT2D eigenvalue weighted by Crippen LogP contribution is 2.35. The van der Waals surface area contributed by atoms with E-state index < -0.39 is 0 Å². The van der Waals surface area contributed by atoms with Crippen LogP contribution in [0.5, 0.6) is 5.75 Å². The van der Waals surface area contributed by atoms with Crippen LogP contribution in [0.3, 0.4) is 0 Å². The number of para-hydroxylation sites is 2. The van der Waals surface area contributed by atoms with Gasteiger partial charge in [0.1, 0.15) is 5.75 Å². The molecule has 0 radical (unpaired) electrons. The monoisotopic (exact) mass is 567 g/mol. The van der Waals surface area contributed by atoms with Gasteiger partial charge in [-0.25, -0.2) is 4.98 Å². The lowest BCUT2D eigenvalue weighted by Crippen LogP contribution is -2.30. The van der Waals surface area contributed by atoms with Gasteiger partial charge in [0, 0.05) is 48.5 Å². The first-order valence-electron chi connectivity index (χ1n) is 14.7. The minimum absolute atomic E-state index is 0.0683. The Morgan fingerprint density at radius 1 is 0.907 bits per heavy atom. The number of nitrogens with zero attached hydrogens (tertiary/aromatic N) is 2. The molecule has 2 aromatic heterocycles. The van der Waals surface area contributed by atoms with Crippen molar-refractivity contribution in [1.29, 1.82) is 0 Å². The number of ether oxygens (including phenoxy) is 1. The van der Waals surface area contributed by atoms with Gasteiger partial charge in [0.25, 0.3) is 5.91 Å². The number of imidazole rings is 1. The molecule has 7 heteroatoms. The summed E-state index contributed by atoms with van der Waals surface area (Å²) in [5.41, 5.74) is 8.34. The molecule has 3 heterocycles. The number of nitrogens with one attached hydrogen (secondary N) is 3. The highest BCUT2D eigenvalue weighted by molar-refractivity contribution is 5.97. The third-order valence-electron chi connectivity index (χ3n) is 8.09. The number of fused-ring (bicyclic) bond motifs is 2. The van der Waals surface area contributed by atoms with Gasteiger partial charge < -0.3 is 24.9 Å². The molecule has 0 bridgehead atoms. The van der Waals surface area contributed by atoms with E-state index in [0.717, 1.165) is 40.8 Å². The fraction of sp³-hybridized carbons (Fsp3) is 0.167. The van der Waals surface area contributed by atoms with E-state index in [1.807, 2.05) is 55.0 Å². The molecule has 7 nitrogen and oxygen atoms in total. The van der Waals surface area contributed by atoms with Gasteiger partial charge in [0.2, 0.25) is 0 Å². The zero-order valence-electron chi connectivity index (χ0n) is 23.8. The lowest BCUT2D eigenvalue weighted by atomic mass is 9.97. The van der Waals surface area contributed by atoms with E-state index in [2.05, 4.69) is 85.8 Å². The van der Waals surface area contributed by atoms with Crippen molar-refractivity contribution in [3.63, 3.8) is 0 Å². The Balaban J connectivity index is 1.00. The van der Waals surface area contributed by atoms with Crippen LogP contribution in [0.4, 0.5) is 0 Å². The van der Waals surface area contributed by atoms with E-state index in [4.69, 9.17) is 4.74 Å². The molecule has 1 aliphatic heterocycles. The largest absolute Gasteiger partial charge is 0.492 e. The molecule has 7 rings (SSSR count). The minimum Gasteiger partial charge on any atom is -0.492 e. The summed E-state index contributed by atoms with van der Waals surface area (Å²) in [4.78, 5) is 21.0. The van der Waals surface area contributed by atoms with Crippen molar-refractivity contribution < 1.29 is 9.53 Å². The van der Waals surface area contributed by atoms with Crippen LogP contribution in [-0.4, -0.2) is 27.0 Å². The van der Waals surface area contributed by atoms with Crippen molar-refractivity contribution in [2.45, 2.75) is 32.1 Å². The van der Waals surface area contributed by atoms with Crippen LogP contribution in [-0.2, 0) is 19.6 Å². The fourth-order valence-corrected chi connectivity index (χ4v) is 5.81. The summed E-state index contributed by atoms with van der Waals surface area (Å²) in [6, 6.07) is 35.2.